The van der Waals surface area contributed by atoms with Gasteiger partial charge in [-0.15, -0.1) is 0 Å². The number of rotatable bonds is 4. The molecule has 1 N–H and O–H groups in total. The number of esters is 1. The Morgan fingerprint density at radius 3 is 2.76 bits per heavy atom. The van der Waals surface area contributed by atoms with E-state index in [1.54, 1.807) is 0 Å². The second kappa shape index (κ2) is 7.68. The van der Waals surface area contributed by atoms with Crippen molar-refractivity contribution in [1.29, 1.82) is 0 Å². The van der Waals surface area contributed by atoms with Gasteiger partial charge in [0.15, 0.2) is 0 Å². The van der Waals surface area contributed by atoms with Crippen molar-refractivity contribution in [3.05, 3.63) is 34.9 Å². The molecule has 0 saturated carbocycles. The number of methoxy groups -OCH3 is 1. The van der Waals surface area contributed by atoms with E-state index >= 15 is 0 Å². The van der Waals surface area contributed by atoms with Crippen molar-refractivity contribution in [2.24, 2.45) is 0 Å². The second-order valence-corrected chi connectivity index (χ2v) is 6.66. The molecule has 1 fully saturated rings. The lowest BCUT2D eigenvalue weighted by atomic mass is 9.90. The maximum atomic E-state index is 12.8. The van der Waals surface area contributed by atoms with Gasteiger partial charge in [-0.25, -0.2) is 0 Å². The standard InChI is InChI=1S/C19H24N2O4/c1-25-18(23)12-16-19(24)20-8-9-21(16)17(22)11-13-6-7-14-4-2-3-5-15(14)10-13/h6-7,10,16H,2-5,8-9,11-12H2,1H3,(H,20,24)/t16-/m0/s1. The minimum Gasteiger partial charge on any atom is -0.469 e. The molecule has 0 spiro atoms. The van der Waals surface area contributed by atoms with Crippen molar-refractivity contribution in [3.8, 4) is 0 Å². The van der Waals surface area contributed by atoms with Gasteiger partial charge >= 0.3 is 5.97 Å². The van der Waals surface area contributed by atoms with Crippen LogP contribution in [0.5, 0.6) is 0 Å². The lowest BCUT2D eigenvalue weighted by Gasteiger charge is -2.34. The Balaban J connectivity index is 1.72. The van der Waals surface area contributed by atoms with Crippen LogP contribution in [-0.2, 0) is 38.4 Å². The fourth-order valence-electron chi connectivity index (χ4n) is 3.63. The van der Waals surface area contributed by atoms with Crippen molar-refractivity contribution in [2.45, 2.75) is 44.6 Å². The highest BCUT2D eigenvalue weighted by molar-refractivity contribution is 5.92. The van der Waals surface area contributed by atoms with E-state index in [9.17, 15) is 14.4 Å². The number of hydrogen-bond acceptors (Lipinski definition) is 4. The molecular formula is C19H24N2O4. The third-order valence-corrected chi connectivity index (χ3v) is 5.01. The number of nitrogens with zero attached hydrogens (tertiary/aromatic N) is 1. The van der Waals surface area contributed by atoms with Gasteiger partial charge in [-0.05, 0) is 42.4 Å². The molecule has 0 unspecified atom stereocenters. The minimum atomic E-state index is -0.786. The molecule has 1 aromatic rings. The number of amides is 2. The molecule has 2 aliphatic rings. The van der Waals surface area contributed by atoms with Crippen LogP contribution >= 0.6 is 0 Å². The summed E-state index contributed by atoms with van der Waals surface area (Å²) in [5.41, 5.74) is 3.68. The number of hydrogen-bond donors (Lipinski definition) is 1. The molecule has 3 rings (SSSR count). The zero-order valence-electron chi connectivity index (χ0n) is 14.5. The topological polar surface area (TPSA) is 75.7 Å². The summed E-state index contributed by atoms with van der Waals surface area (Å²) in [5.74, 6) is -0.913. The van der Waals surface area contributed by atoms with Crippen molar-refractivity contribution in [2.75, 3.05) is 20.2 Å². The predicted octanol–water partition coefficient (Wildman–Crippen LogP) is 0.998. The molecule has 1 heterocycles. The first-order valence-electron chi connectivity index (χ1n) is 8.83. The number of benzene rings is 1. The van der Waals surface area contributed by atoms with E-state index in [2.05, 4.69) is 22.2 Å². The van der Waals surface area contributed by atoms with Crippen LogP contribution in [0.1, 0.15) is 36.0 Å². The van der Waals surface area contributed by atoms with Crippen LogP contribution in [-0.4, -0.2) is 48.9 Å². The number of aryl methyl sites for hydroxylation is 2. The summed E-state index contributed by atoms with van der Waals surface area (Å²) in [5, 5.41) is 2.71. The molecule has 6 heteroatoms. The van der Waals surface area contributed by atoms with Crippen LogP contribution in [0.15, 0.2) is 18.2 Å². The SMILES string of the molecule is COC(=O)C[C@H]1C(=O)NCCN1C(=O)Cc1ccc2c(c1)CCCC2. The maximum absolute atomic E-state index is 12.8. The normalized spacial score (nSPS) is 19.8. The van der Waals surface area contributed by atoms with Gasteiger partial charge in [0.25, 0.3) is 0 Å². The van der Waals surface area contributed by atoms with Gasteiger partial charge in [0.1, 0.15) is 6.04 Å². The van der Waals surface area contributed by atoms with Crippen LogP contribution < -0.4 is 5.32 Å². The Labute approximate surface area is 147 Å². The number of fused-ring (bicyclic) bond motifs is 1. The Hall–Kier alpha value is -2.37. The third-order valence-electron chi connectivity index (χ3n) is 5.01. The highest BCUT2D eigenvalue weighted by atomic mass is 16.5. The second-order valence-electron chi connectivity index (χ2n) is 6.66. The summed E-state index contributed by atoms with van der Waals surface area (Å²) in [6, 6.07) is 5.45. The molecule has 0 bridgehead atoms. The average Bonchev–Trinajstić information content (AvgIpc) is 2.63. The number of ether oxygens (including phenoxy) is 1. The number of piperazine rings is 1. The van der Waals surface area contributed by atoms with Crippen molar-refractivity contribution >= 4 is 17.8 Å². The van der Waals surface area contributed by atoms with Gasteiger partial charge in [-0.3, -0.25) is 14.4 Å². The Morgan fingerprint density at radius 1 is 1.24 bits per heavy atom. The van der Waals surface area contributed by atoms with Crippen LogP contribution in [0, 0.1) is 0 Å². The summed E-state index contributed by atoms with van der Waals surface area (Å²) in [6.45, 7) is 0.823. The van der Waals surface area contributed by atoms with E-state index in [0.717, 1.165) is 18.4 Å². The molecule has 0 radical (unpaired) electrons. The van der Waals surface area contributed by atoms with Gasteiger partial charge < -0.3 is 15.0 Å². The highest BCUT2D eigenvalue weighted by Crippen LogP contribution is 2.23. The van der Waals surface area contributed by atoms with Crippen LogP contribution in [0.3, 0.4) is 0 Å². The molecule has 6 nitrogen and oxygen atoms in total. The van der Waals surface area contributed by atoms with Crippen molar-refractivity contribution in [1.82, 2.24) is 10.2 Å². The summed E-state index contributed by atoms with van der Waals surface area (Å²) >= 11 is 0. The molecule has 1 aromatic carbocycles. The van der Waals surface area contributed by atoms with Gasteiger partial charge in [-0.2, -0.15) is 0 Å². The molecule has 25 heavy (non-hydrogen) atoms. The van der Waals surface area contributed by atoms with Gasteiger partial charge in [0, 0.05) is 13.1 Å². The summed E-state index contributed by atoms with van der Waals surface area (Å²) < 4.78 is 4.65. The average molecular weight is 344 g/mol. The lowest BCUT2D eigenvalue weighted by molar-refractivity contribution is -0.150. The first-order valence-corrected chi connectivity index (χ1v) is 8.83. The van der Waals surface area contributed by atoms with Gasteiger partial charge in [-0.1, -0.05) is 18.2 Å². The molecule has 0 aromatic heterocycles. The summed E-state index contributed by atoms with van der Waals surface area (Å²) in [4.78, 5) is 37.9. The number of nitrogens with one attached hydrogen (secondary N) is 1. The van der Waals surface area contributed by atoms with E-state index in [1.165, 1.54) is 36.0 Å². The Morgan fingerprint density at radius 2 is 2.00 bits per heavy atom. The first kappa shape index (κ1) is 17.5. The highest BCUT2D eigenvalue weighted by Gasteiger charge is 2.34. The van der Waals surface area contributed by atoms with Crippen molar-refractivity contribution in [3.63, 3.8) is 0 Å². The fraction of sp³-hybridized carbons (Fsp3) is 0.526. The number of carbonyl (C=O) groups excluding carboxylic acids is 3. The zero-order chi connectivity index (χ0) is 17.8. The Bertz CT molecular complexity index is 686. The van der Waals surface area contributed by atoms with Crippen LogP contribution in [0.25, 0.3) is 0 Å². The van der Waals surface area contributed by atoms with E-state index in [-0.39, 0.29) is 24.7 Å². The zero-order valence-corrected chi connectivity index (χ0v) is 14.5. The third kappa shape index (κ3) is 4.00. The van der Waals surface area contributed by atoms with Gasteiger partial charge in [0.05, 0.1) is 20.0 Å². The minimum absolute atomic E-state index is 0.113. The smallest absolute Gasteiger partial charge is 0.308 e. The molecule has 1 aliphatic carbocycles. The summed E-state index contributed by atoms with van der Waals surface area (Å²) in [6.07, 6.45) is 4.73. The molecule has 2 amide bonds. The van der Waals surface area contributed by atoms with Gasteiger partial charge in [0.2, 0.25) is 11.8 Å². The largest absolute Gasteiger partial charge is 0.469 e. The van der Waals surface area contributed by atoms with E-state index < -0.39 is 12.0 Å². The molecule has 134 valence electrons. The molecule has 1 saturated heterocycles. The summed E-state index contributed by atoms with van der Waals surface area (Å²) in [7, 11) is 1.28. The number of carbonyl (C=O) groups is 3. The lowest BCUT2D eigenvalue weighted by Crippen LogP contribution is -2.58. The van der Waals surface area contributed by atoms with E-state index in [4.69, 9.17) is 0 Å². The molecule has 1 aliphatic heterocycles. The van der Waals surface area contributed by atoms with E-state index in [0.29, 0.717) is 13.1 Å². The predicted molar refractivity (Wildman–Crippen MR) is 91.9 cm³/mol. The molecule has 1 atom stereocenters. The maximum Gasteiger partial charge on any atom is 0.308 e. The fourth-order valence-corrected chi connectivity index (χ4v) is 3.63. The quantitative estimate of drug-likeness (QED) is 0.827. The van der Waals surface area contributed by atoms with E-state index in [1.807, 2.05) is 6.07 Å². The first-order chi connectivity index (χ1) is 12.1. The Kier molecular flexibility index (Phi) is 5.36. The van der Waals surface area contributed by atoms with Crippen LogP contribution in [0.4, 0.5) is 0 Å². The molecular weight excluding hydrogens is 320 g/mol. The monoisotopic (exact) mass is 344 g/mol. The van der Waals surface area contributed by atoms with Crippen LogP contribution in [0.2, 0.25) is 0 Å². The van der Waals surface area contributed by atoms with Crippen molar-refractivity contribution < 1.29 is 19.1 Å².